The number of methoxy groups -OCH3 is 2. The van der Waals surface area contributed by atoms with Crippen LogP contribution in [0.2, 0.25) is 0 Å². The molecule has 0 aliphatic carbocycles. The topological polar surface area (TPSA) is 52.6 Å². The van der Waals surface area contributed by atoms with Crippen LogP contribution in [0.5, 0.6) is 5.75 Å². The number of esters is 1. The van der Waals surface area contributed by atoms with Crippen molar-refractivity contribution in [2.45, 2.75) is 10.6 Å². The van der Waals surface area contributed by atoms with Gasteiger partial charge in [0, 0.05) is 4.90 Å². The molecule has 2 aromatic rings. The predicted molar refractivity (Wildman–Crippen MR) is 80.9 cm³/mol. The number of carbonyl (C=O) groups is 1. The lowest BCUT2D eigenvalue weighted by Gasteiger charge is -2.08. The molecular weight excluding hydrogens is 288 g/mol. The standard InChI is InChI=1S/C16H16O4S/c1-19-13-7-5-8-14(10-13)21(18)11-12-6-3-4-9-15(12)16(17)20-2/h3-10H,11H2,1-2H3. The lowest BCUT2D eigenvalue weighted by molar-refractivity contribution is 0.0600. The van der Waals surface area contributed by atoms with Gasteiger partial charge in [-0.25, -0.2) is 4.79 Å². The first-order valence-electron chi connectivity index (χ1n) is 6.34. The normalized spacial score (nSPS) is 11.7. The minimum atomic E-state index is -1.26. The highest BCUT2D eigenvalue weighted by Gasteiger charge is 2.14. The first-order chi connectivity index (χ1) is 10.2. The monoisotopic (exact) mass is 304 g/mol. The summed E-state index contributed by atoms with van der Waals surface area (Å²) in [4.78, 5) is 12.4. The fourth-order valence-corrected chi connectivity index (χ4v) is 3.10. The van der Waals surface area contributed by atoms with Gasteiger partial charge in [0.25, 0.3) is 0 Å². The van der Waals surface area contributed by atoms with E-state index in [1.54, 1.807) is 49.6 Å². The highest BCUT2D eigenvalue weighted by atomic mass is 32.2. The Hall–Kier alpha value is -2.14. The molecule has 0 fully saturated rings. The molecule has 0 spiro atoms. The zero-order valence-corrected chi connectivity index (χ0v) is 12.7. The van der Waals surface area contributed by atoms with Gasteiger partial charge < -0.3 is 9.47 Å². The first-order valence-corrected chi connectivity index (χ1v) is 7.66. The molecule has 110 valence electrons. The number of hydrogen-bond donors (Lipinski definition) is 0. The summed E-state index contributed by atoms with van der Waals surface area (Å²) in [7, 11) is 1.63. The van der Waals surface area contributed by atoms with E-state index in [0.717, 1.165) is 0 Å². The number of hydrogen-bond acceptors (Lipinski definition) is 4. The van der Waals surface area contributed by atoms with E-state index in [4.69, 9.17) is 9.47 Å². The molecule has 0 saturated carbocycles. The highest BCUT2D eigenvalue weighted by Crippen LogP contribution is 2.20. The molecule has 0 aromatic heterocycles. The van der Waals surface area contributed by atoms with Crippen LogP contribution >= 0.6 is 0 Å². The van der Waals surface area contributed by atoms with Crippen molar-refractivity contribution in [2.75, 3.05) is 14.2 Å². The van der Waals surface area contributed by atoms with E-state index in [-0.39, 0.29) is 5.75 Å². The summed E-state index contributed by atoms with van der Waals surface area (Å²) in [6, 6.07) is 14.1. The highest BCUT2D eigenvalue weighted by molar-refractivity contribution is 7.84. The maximum atomic E-state index is 12.4. The molecule has 2 aromatic carbocycles. The summed E-state index contributed by atoms with van der Waals surface area (Å²) < 4.78 is 22.3. The number of ether oxygens (including phenoxy) is 2. The quantitative estimate of drug-likeness (QED) is 0.797. The SMILES string of the molecule is COC(=O)c1ccccc1CS(=O)c1cccc(OC)c1. The van der Waals surface area contributed by atoms with E-state index in [1.165, 1.54) is 7.11 Å². The van der Waals surface area contributed by atoms with Crippen molar-refractivity contribution < 1.29 is 18.5 Å². The largest absolute Gasteiger partial charge is 0.497 e. The summed E-state index contributed by atoms with van der Waals surface area (Å²) in [6.45, 7) is 0. The van der Waals surface area contributed by atoms with Crippen molar-refractivity contribution >= 4 is 16.8 Å². The summed E-state index contributed by atoms with van der Waals surface area (Å²) in [5.74, 6) is 0.480. The molecule has 0 N–H and O–H groups in total. The van der Waals surface area contributed by atoms with E-state index in [2.05, 4.69) is 0 Å². The molecule has 21 heavy (non-hydrogen) atoms. The summed E-state index contributed by atoms with van der Waals surface area (Å²) in [6.07, 6.45) is 0. The van der Waals surface area contributed by atoms with Crippen molar-refractivity contribution in [1.82, 2.24) is 0 Å². The van der Waals surface area contributed by atoms with Crippen LogP contribution in [0.1, 0.15) is 15.9 Å². The summed E-state index contributed by atoms with van der Waals surface area (Å²) in [5.41, 5.74) is 1.14. The average Bonchev–Trinajstić information content (AvgIpc) is 2.54. The van der Waals surface area contributed by atoms with Crippen LogP contribution in [-0.4, -0.2) is 24.4 Å². The number of benzene rings is 2. The zero-order valence-electron chi connectivity index (χ0n) is 11.9. The molecular formula is C16H16O4S. The van der Waals surface area contributed by atoms with Crippen molar-refractivity contribution in [3.8, 4) is 5.75 Å². The second-order valence-electron chi connectivity index (χ2n) is 4.32. The van der Waals surface area contributed by atoms with E-state index in [1.807, 2.05) is 6.07 Å². The van der Waals surface area contributed by atoms with Crippen LogP contribution < -0.4 is 4.74 Å². The predicted octanol–water partition coefficient (Wildman–Crippen LogP) is 2.79. The minimum Gasteiger partial charge on any atom is -0.497 e. The second-order valence-corrected chi connectivity index (χ2v) is 5.77. The van der Waals surface area contributed by atoms with Crippen molar-refractivity contribution in [1.29, 1.82) is 0 Å². The molecule has 1 unspecified atom stereocenters. The first kappa shape index (κ1) is 15.3. The summed E-state index contributed by atoms with van der Waals surface area (Å²) in [5, 5.41) is 0. The maximum Gasteiger partial charge on any atom is 0.338 e. The zero-order chi connectivity index (χ0) is 15.2. The van der Waals surface area contributed by atoms with Gasteiger partial charge in [0.15, 0.2) is 0 Å². The van der Waals surface area contributed by atoms with Gasteiger partial charge in [-0.2, -0.15) is 0 Å². The lowest BCUT2D eigenvalue weighted by atomic mass is 10.1. The average molecular weight is 304 g/mol. The van der Waals surface area contributed by atoms with Crippen LogP contribution in [-0.2, 0) is 21.3 Å². The Morgan fingerprint density at radius 3 is 2.57 bits per heavy atom. The van der Waals surface area contributed by atoms with Crippen LogP contribution in [0.4, 0.5) is 0 Å². The smallest absolute Gasteiger partial charge is 0.338 e. The third-order valence-electron chi connectivity index (χ3n) is 3.01. The second kappa shape index (κ2) is 7.04. The Morgan fingerprint density at radius 2 is 1.86 bits per heavy atom. The molecule has 4 nitrogen and oxygen atoms in total. The Morgan fingerprint density at radius 1 is 1.10 bits per heavy atom. The van der Waals surface area contributed by atoms with Crippen LogP contribution in [0.25, 0.3) is 0 Å². The fraction of sp³-hybridized carbons (Fsp3) is 0.188. The Labute approximate surface area is 126 Å². The number of carbonyl (C=O) groups excluding carboxylic acids is 1. The Bertz CT molecular complexity index is 667. The van der Waals surface area contributed by atoms with E-state index < -0.39 is 16.8 Å². The van der Waals surface area contributed by atoms with E-state index in [9.17, 15) is 9.00 Å². The van der Waals surface area contributed by atoms with Crippen LogP contribution in [0.3, 0.4) is 0 Å². The molecule has 0 radical (unpaired) electrons. The number of rotatable bonds is 5. The molecule has 2 rings (SSSR count). The molecule has 0 bridgehead atoms. The van der Waals surface area contributed by atoms with E-state index in [0.29, 0.717) is 21.8 Å². The van der Waals surface area contributed by atoms with Gasteiger partial charge in [0.05, 0.1) is 36.3 Å². The van der Waals surface area contributed by atoms with Crippen molar-refractivity contribution in [3.05, 3.63) is 59.7 Å². The van der Waals surface area contributed by atoms with Gasteiger partial charge in [-0.15, -0.1) is 0 Å². The Kier molecular flexibility index (Phi) is 5.11. The van der Waals surface area contributed by atoms with Gasteiger partial charge in [0.2, 0.25) is 0 Å². The maximum absolute atomic E-state index is 12.4. The van der Waals surface area contributed by atoms with E-state index >= 15 is 0 Å². The van der Waals surface area contributed by atoms with Crippen LogP contribution in [0.15, 0.2) is 53.4 Å². The molecule has 0 saturated heterocycles. The van der Waals surface area contributed by atoms with Gasteiger partial charge in [-0.1, -0.05) is 24.3 Å². The molecule has 0 aliphatic heterocycles. The van der Waals surface area contributed by atoms with Crippen molar-refractivity contribution in [3.63, 3.8) is 0 Å². The van der Waals surface area contributed by atoms with Gasteiger partial charge in [0.1, 0.15) is 5.75 Å². The van der Waals surface area contributed by atoms with Gasteiger partial charge in [-0.3, -0.25) is 4.21 Å². The molecule has 0 aliphatic rings. The van der Waals surface area contributed by atoms with Gasteiger partial charge >= 0.3 is 5.97 Å². The minimum absolute atomic E-state index is 0.248. The Balaban J connectivity index is 2.25. The third kappa shape index (κ3) is 3.70. The van der Waals surface area contributed by atoms with Crippen LogP contribution in [0, 0.1) is 0 Å². The molecule has 1 atom stereocenters. The molecule has 5 heteroatoms. The van der Waals surface area contributed by atoms with Crippen molar-refractivity contribution in [2.24, 2.45) is 0 Å². The summed E-state index contributed by atoms with van der Waals surface area (Å²) >= 11 is 0. The third-order valence-corrected chi connectivity index (χ3v) is 4.37. The molecule has 0 heterocycles. The lowest BCUT2D eigenvalue weighted by Crippen LogP contribution is -2.07. The fourth-order valence-electron chi connectivity index (χ4n) is 1.92. The molecule has 0 amide bonds. The van der Waals surface area contributed by atoms with Gasteiger partial charge in [-0.05, 0) is 29.8 Å².